The molecule has 0 aromatic heterocycles. The Kier molecular flexibility index (Phi) is 4.17. The van der Waals surface area contributed by atoms with Crippen molar-refractivity contribution in [1.29, 1.82) is 0 Å². The highest BCUT2D eigenvalue weighted by Gasteiger charge is 2.46. The fraction of sp³-hybridized carbons (Fsp3) is 0.857. The molecular weight excluding hydrogens is 244 g/mol. The number of rotatable bonds is 4. The van der Waals surface area contributed by atoms with Crippen LogP contribution in [0.4, 0.5) is 4.79 Å². The van der Waals surface area contributed by atoms with Gasteiger partial charge >= 0.3 is 12.0 Å². The quantitative estimate of drug-likeness (QED) is 0.734. The first kappa shape index (κ1) is 15.8. The van der Waals surface area contributed by atoms with E-state index in [2.05, 4.69) is 31.4 Å². The molecule has 1 rings (SSSR count). The van der Waals surface area contributed by atoms with E-state index in [-0.39, 0.29) is 11.0 Å². The highest BCUT2D eigenvalue weighted by molar-refractivity contribution is 5.87. The van der Waals surface area contributed by atoms with Crippen LogP contribution >= 0.6 is 0 Å². The molecule has 0 aromatic rings. The van der Waals surface area contributed by atoms with Crippen molar-refractivity contribution in [3.05, 3.63) is 0 Å². The van der Waals surface area contributed by atoms with Crippen molar-refractivity contribution in [2.75, 3.05) is 0 Å². The van der Waals surface area contributed by atoms with Crippen LogP contribution in [0.25, 0.3) is 0 Å². The van der Waals surface area contributed by atoms with Crippen LogP contribution in [0.1, 0.15) is 60.3 Å². The Hall–Kier alpha value is -1.26. The Morgan fingerprint density at radius 2 is 1.68 bits per heavy atom. The van der Waals surface area contributed by atoms with Crippen molar-refractivity contribution < 1.29 is 14.7 Å². The molecular formula is C14H26N2O3. The monoisotopic (exact) mass is 270 g/mol. The SMILES string of the molecule is CC(C)(C)CC(C)(C)NC(=O)NC1(C(=O)O)CCC1. The van der Waals surface area contributed by atoms with Crippen LogP contribution in [0.2, 0.25) is 0 Å². The number of hydrogen-bond acceptors (Lipinski definition) is 2. The van der Waals surface area contributed by atoms with Crippen molar-refractivity contribution in [3.63, 3.8) is 0 Å². The van der Waals surface area contributed by atoms with Crippen LogP contribution in [-0.4, -0.2) is 28.2 Å². The van der Waals surface area contributed by atoms with E-state index in [0.717, 1.165) is 12.8 Å². The minimum atomic E-state index is -1.05. The predicted molar refractivity (Wildman–Crippen MR) is 74.0 cm³/mol. The summed E-state index contributed by atoms with van der Waals surface area (Å²) in [4.78, 5) is 23.2. The second-order valence-electron chi connectivity index (χ2n) is 7.44. The number of amides is 2. The third kappa shape index (κ3) is 4.40. The molecule has 0 atom stereocenters. The molecule has 0 radical (unpaired) electrons. The Labute approximate surface area is 115 Å². The van der Waals surface area contributed by atoms with Crippen LogP contribution in [0.15, 0.2) is 0 Å². The number of carboxylic acids is 1. The lowest BCUT2D eigenvalue weighted by Crippen LogP contribution is -2.63. The lowest BCUT2D eigenvalue weighted by molar-refractivity contribution is -0.148. The Bertz CT molecular complexity index is 365. The number of urea groups is 1. The van der Waals surface area contributed by atoms with Gasteiger partial charge in [0, 0.05) is 5.54 Å². The molecule has 3 N–H and O–H groups in total. The van der Waals surface area contributed by atoms with Crippen molar-refractivity contribution in [2.45, 2.75) is 71.4 Å². The van der Waals surface area contributed by atoms with Gasteiger partial charge in [-0.05, 0) is 44.9 Å². The van der Waals surface area contributed by atoms with Crippen molar-refractivity contribution in [2.24, 2.45) is 5.41 Å². The topological polar surface area (TPSA) is 78.4 Å². The fourth-order valence-corrected chi connectivity index (χ4v) is 2.85. The Morgan fingerprint density at radius 1 is 1.16 bits per heavy atom. The summed E-state index contributed by atoms with van der Waals surface area (Å²) in [5.41, 5.74) is -1.33. The summed E-state index contributed by atoms with van der Waals surface area (Å²) in [6.45, 7) is 10.2. The van der Waals surface area contributed by atoms with E-state index in [9.17, 15) is 14.7 Å². The van der Waals surface area contributed by atoms with E-state index in [1.54, 1.807) is 0 Å². The molecule has 0 bridgehead atoms. The maximum absolute atomic E-state index is 12.0. The fourth-order valence-electron chi connectivity index (χ4n) is 2.85. The molecule has 0 saturated heterocycles. The lowest BCUT2D eigenvalue weighted by atomic mass is 9.77. The standard InChI is InChI=1S/C14H26N2O3/c1-12(2,3)9-13(4,5)15-11(19)16-14(10(17)18)7-6-8-14/h6-9H2,1-5H3,(H,17,18)(H2,15,16,19). The Morgan fingerprint density at radius 3 is 2.00 bits per heavy atom. The van der Waals surface area contributed by atoms with Gasteiger partial charge in [-0.3, -0.25) is 0 Å². The number of carboxylic acid groups (broad SMARTS) is 1. The third-order valence-electron chi connectivity index (χ3n) is 3.39. The van der Waals surface area contributed by atoms with Crippen molar-refractivity contribution in [3.8, 4) is 0 Å². The maximum Gasteiger partial charge on any atom is 0.329 e. The van der Waals surface area contributed by atoms with Crippen LogP contribution < -0.4 is 10.6 Å². The largest absolute Gasteiger partial charge is 0.480 e. The molecule has 5 heteroatoms. The molecule has 0 unspecified atom stereocenters. The van der Waals surface area contributed by atoms with Crippen LogP contribution in [-0.2, 0) is 4.79 Å². The van der Waals surface area contributed by atoms with Gasteiger partial charge in [-0.2, -0.15) is 0 Å². The zero-order valence-corrected chi connectivity index (χ0v) is 12.6. The van der Waals surface area contributed by atoms with E-state index < -0.39 is 17.5 Å². The molecule has 0 spiro atoms. The van der Waals surface area contributed by atoms with E-state index in [1.807, 2.05) is 13.8 Å². The molecule has 1 fully saturated rings. The first-order valence-electron chi connectivity index (χ1n) is 6.80. The molecule has 2 amide bonds. The predicted octanol–water partition coefficient (Wildman–Crippen LogP) is 2.51. The highest BCUT2D eigenvalue weighted by atomic mass is 16.4. The molecule has 110 valence electrons. The van der Waals surface area contributed by atoms with E-state index in [0.29, 0.717) is 12.8 Å². The van der Waals surface area contributed by atoms with Crippen molar-refractivity contribution >= 4 is 12.0 Å². The summed E-state index contributed by atoms with van der Waals surface area (Å²) < 4.78 is 0. The highest BCUT2D eigenvalue weighted by Crippen LogP contribution is 2.32. The average molecular weight is 270 g/mol. The minimum Gasteiger partial charge on any atom is -0.480 e. The number of hydrogen-bond donors (Lipinski definition) is 3. The smallest absolute Gasteiger partial charge is 0.329 e. The summed E-state index contributed by atoms with van der Waals surface area (Å²) in [6, 6.07) is -0.392. The lowest BCUT2D eigenvalue weighted by Gasteiger charge is -2.40. The molecule has 0 aliphatic heterocycles. The second kappa shape index (κ2) is 5.02. The van der Waals surface area contributed by atoms with Crippen LogP contribution in [0.5, 0.6) is 0 Å². The van der Waals surface area contributed by atoms with Gasteiger partial charge in [0.2, 0.25) is 0 Å². The van der Waals surface area contributed by atoms with Gasteiger partial charge in [0.05, 0.1) is 0 Å². The van der Waals surface area contributed by atoms with E-state index in [1.165, 1.54) is 0 Å². The molecule has 0 heterocycles. The number of carbonyl (C=O) groups excluding carboxylic acids is 1. The first-order valence-corrected chi connectivity index (χ1v) is 6.80. The third-order valence-corrected chi connectivity index (χ3v) is 3.39. The zero-order chi connectivity index (χ0) is 14.9. The molecule has 1 aliphatic carbocycles. The first-order chi connectivity index (χ1) is 8.46. The van der Waals surface area contributed by atoms with Gasteiger partial charge in [0.25, 0.3) is 0 Å². The average Bonchev–Trinajstić information content (AvgIpc) is 2.04. The van der Waals surface area contributed by atoms with Gasteiger partial charge in [0.1, 0.15) is 5.54 Å². The summed E-state index contributed by atoms with van der Waals surface area (Å²) in [5.74, 6) is -0.942. The van der Waals surface area contributed by atoms with Gasteiger partial charge in [-0.15, -0.1) is 0 Å². The molecule has 1 aliphatic rings. The van der Waals surface area contributed by atoms with Crippen LogP contribution in [0, 0.1) is 5.41 Å². The zero-order valence-electron chi connectivity index (χ0n) is 12.6. The van der Waals surface area contributed by atoms with Gasteiger partial charge in [-0.25, -0.2) is 9.59 Å². The van der Waals surface area contributed by atoms with Crippen LogP contribution in [0.3, 0.4) is 0 Å². The van der Waals surface area contributed by atoms with E-state index >= 15 is 0 Å². The maximum atomic E-state index is 12.0. The van der Waals surface area contributed by atoms with Gasteiger partial charge < -0.3 is 15.7 Å². The van der Waals surface area contributed by atoms with E-state index in [4.69, 9.17) is 0 Å². The molecule has 19 heavy (non-hydrogen) atoms. The molecule has 5 nitrogen and oxygen atoms in total. The van der Waals surface area contributed by atoms with Crippen molar-refractivity contribution in [1.82, 2.24) is 10.6 Å². The number of aliphatic carboxylic acids is 1. The summed E-state index contributed by atoms with van der Waals surface area (Å²) in [7, 11) is 0. The molecule has 1 saturated carbocycles. The molecule has 0 aromatic carbocycles. The minimum absolute atomic E-state index is 0.0950. The summed E-state index contributed by atoms with van der Waals surface area (Å²) >= 11 is 0. The van der Waals surface area contributed by atoms with Gasteiger partial charge in [0.15, 0.2) is 0 Å². The van der Waals surface area contributed by atoms with Gasteiger partial charge in [-0.1, -0.05) is 20.8 Å². The number of carbonyl (C=O) groups is 2. The second-order valence-corrected chi connectivity index (χ2v) is 7.44. The normalized spacial score (nSPS) is 18.4. The number of nitrogens with one attached hydrogen (secondary N) is 2. The Balaban J connectivity index is 2.58. The summed E-state index contributed by atoms with van der Waals surface area (Å²) in [6.07, 6.45) is 2.68. The summed E-state index contributed by atoms with van der Waals surface area (Å²) in [5, 5.41) is 14.7.